The van der Waals surface area contributed by atoms with Gasteiger partial charge in [-0.15, -0.1) is 0 Å². The summed E-state index contributed by atoms with van der Waals surface area (Å²) >= 11 is 6.39. The number of aliphatic carboxylic acids is 1. The van der Waals surface area contributed by atoms with Crippen LogP contribution >= 0.6 is 24.0 Å². The number of carbonyl (C=O) groups is 2. The first kappa shape index (κ1) is 16.5. The highest BCUT2D eigenvalue weighted by Crippen LogP contribution is 2.38. The van der Waals surface area contributed by atoms with Gasteiger partial charge in [-0.3, -0.25) is 9.69 Å². The second-order valence-electron chi connectivity index (χ2n) is 5.31. The summed E-state index contributed by atoms with van der Waals surface area (Å²) in [5.41, 5.74) is 1.38. The minimum Gasteiger partial charge on any atom is -0.479 e. The number of nitrogens with zero attached hydrogens (tertiary/aromatic N) is 2. The van der Waals surface area contributed by atoms with E-state index in [1.54, 1.807) is 36.4 Å². The number of aryl methyl sites for hydroxylation is 1. The standard InChI is InChI=1S/C17H14N2O3S2/c1-18-8-7-11(10-18)9-13-15(20)19(17(23)24-13)14(16(21)22)12-5-3-2-4-6-12/h2-10,14H,1H3,(H,21,22). The van der Waals surface area contributed by atoms with Crippen molar-refractivity contribution in [2.75, 3.05) is 0 Å². The molecule has 7 heteroatoms. The van der Waals surface area contributed by atoms with Gasteiger partial charge in [0.15, 0.2) is 6.04 Å². The summed E-state index contributed by atoms with van der Waals surface area (Å²) in [7, 11) is 1.89. The maximum absolute atomic E-state index is 12.7. The van der Waals surface area contributed by atoms with E-state index >= 15 is 0 Å². The van der Waals surface area contributed by atoms with Gasteiger partial charge in [-0.05, 0) is 23.3 Å². The zero-order valence-electron chi connectivity index (χ0n) is 12.7. The number of hydrogen-bond donors (Lipinski definition) is 1. The zero-order chi connectivity index (χ0) is 17.3. The molecule has 0 saturated carbocycles. The van der Waals surface area contributed by atoms with Crippen molar-refractivity contribution >= 4 is 46.3 Å². The SMILES string of the molecule is Cn1ccc(C=C2SC(=S)N(C(C(=O)O)c3ccccc3)C2=O)c1. The Labute approximate surface area is 148 Å². The number of benzene rings is 1. The molecule has 1 saturated heterocycles. The Morgan fingerprint density at radius 1 is 1.29 bits per heavy atom. The van der Waals surface area contributed by atoms with Crippen molar-refractivity contribution < 1.29 is 14.7 Å². The van der Waals surface area contributed by atoms with Crippen LogP contribution in [0.2, 0.25) is 0 Å². The molecule has 0 spiro atoms. The Kier molecular flexibility index (Phi) is 4.55. The summed E-state index contributed by atoms with van der Waals surface area (Å²) in [5, 5.41) is 9.62. The molecular weight excluding hydrogens is 344 g/mol. The molecule has 1 amide bonds. The smallest absolute Gasteiger partial charge is 0.331 e. The van der Waals surface area contributed by atoms with Crippen molar-refractivity contribution in [3.63, 3.8) is 0 Å². The van der Waals surface area contributed by atoms with Crippen LogP contribution < -0.4 is 0 Å². The van der Waals surface area contributed by atoms with E-state index in [1.807, 2.05) is 30.1 Å². The number of carboxylic acid groups (broad SMARTS) is 1. The van der Waals surface area contributed by atoms with Crippen LogP contribution in [-0.2, 0) is 16.6 Å². The van der Waals surface area contributed by atoms with Crippen molar-refractivity contribution in [1.29, 1.82) is 0 Å². The fourth-order valence-corrected chi connectivity index (χ4v) is 3.81. The number of carboxylic acids is 1. The average molecular weight is 358 g/mol. The molecule has 122 valence electrons. The van der Waals surface area contributed by atoms with Crippen molar-refractivity contribution in [3.8, 4) is 0 Å². The third kappa shape index (κ3) is 3.13. The van der Waals surface area contributed by atoms with Crippen molar-refractivity contribution in [2.24, 2.45) is 7.05 Å². The molecule has 1 atom stereocenters. The molecule has 0 aliphatic carbocycles. The number of amides is 1. The molecule has 3 rings (SSSR count). The summed E-state index contributed by atoms with van der Waals surface area (Å²) in [5.74, 6) is -1.50. The summed E-state index contributed by atoms with van der Waals surface area (Å²) in [6, 6.07) is 9.38. The van der Waals surface area contributed by atoms with E-state index in [0.717, 1.165) is 17.3 Å². The van der Waals surface area contributed by atoms with Crippen LogP contribution in [0.4, 0.5) is 0 Å². The Balaban J connectivity index is 1.96. The van der Waals surface area contributed by atoms with E-state index in [4.69, 9.17) is 12.2 Å². The topological polar surface area (TPSA) is 62.5 Å². The Morgan fingerprint density at radius 3 is 2.58 bits per heavy atom. The monoisotopic (exact) mass is 358 g/mol. The lowest BCUT2D eigenvalue weighted by molar-refractivity contribution is -0.145. The van der Waals surface area contributed by atoms with Gasteiger partial charge < -0.3 is 9.67 Å². The maximum Gasteiger partial charge on any atom is 0.331 e. The molecule has 5 nitrogen and oxygen atoms in total. The Morgan fingerprint density at radius 2 is 2.00 bits per heavy atom. The number of aromatic nitrogens is 1. The maximum atomic E-state index is 12.7. The second kappa shape index (κ2) is 6.62. The molecule has 2 heterocycles. The first-order chi connectivity index (χ1) is 11.5. The van der Waals surface area contributed by atoms with Gasteiger partial charge in [0.25, 0.3) is 5.91 Å². The van der Waals surface area contributed by atoms with Crippen molar-refractivity contribution in [3.05, 3.63) is 64.8 Å². The van der Waals surface area contributed by atoms with Gasteiger partial charge in [-0.25, -0.2) is 4.79 Å². The fraction of sp³-hybridized carbons (Fsp3) is 0.118. The summed E-state index contributed by atoms with van der Waals surface area (Å²) in [4.78, 5) is 26.1. The predicted molar refractivity (Wildman–Crippen MR) is 97.2 cm³/mol. The zero-order valence-corrected chi connectivity index (χ0v) is 14.4. The van der Waals surface area contributed by atoms with Gasteiger partial charge in [0, 0.05) is 19.4 Å². The van der Waals surface area contributed by atoms with Crippen LogP contribution in [-0.4, -0.2) is 30.8 Å². The van der Waals surface area contributed by atoms with Crippen LogP contribution in [0.5, 0.6) is 0 Å². The number of carbonyl (C=O) groups excluding carboxylic acids is 1. The van der Waals surface area contributed by atoms with E-state index in [2.05, 4.69) is 0 Å². The van der Waals surface area contributed by atoms with E-state index in [9.17, 15) is 14.7 Å². The molecule has 24 heavy (non-hydrogen) atoms. The van der Waals surface area contributed by atoms with Gasteiger partial charge in [-0.1, -0.05) is 54.3 Å². The van der Waals surface area contributed by atoms with Crippen LogP contribution in [0.1, 0.15) is 17.2 Å². The van der Waals surface area contributed by atoms with Crippen LogP contribution in [0, 0.1) is 0 Å². The quantitative estimate of drug-likeness (QED) is 0.672. The third-order valence-corrected chi connectivity index (χ3v) is 4.91. The molecule has 1 aromatic heterocycles. The molecule has 0 radical (unpaired) electrons. The number of thiocarbonyl (C=S) groups is 1. The first-order valence-corrected chi connectivity index (χ1v) is 8.36. The molecule has 1 unspecified atom stereocenters. The molecule has 1 N–H and O–H groups in total. The first-order valence-electron chi connectivity index (χ1n) is 7.14. The third-order valence-electron chi connectivity index (χ3n) is 3.58. The molecule has 2 aromatic rings. The lowest BCUT2D eigenvalue weighted by Gasteiger charge is -2.23. The molecule has 1 aliphatic heterocycles. The van der Waals surface area contributed by atoms with Crippen molar-refractivity contribution in [2.45, 2.75) is 6.04 Å². The number of thioether (sulfide) groups is 1. The normalized spacial score (nSPS) is 17.5. The van der Waals surface area contributed by atoms with Crippen molar-refractivity contribution in [1.82, 2.24) is 9.47 Å². The van der Waals surface area contributed by atoms with E-state index in [0.29, 0.717) is 10.5 Å². The summed E-state index contributed by atoms with van der Waals surface area (Å²) in [6.45, 7) is 0. The van der Waals surface area contributed by atoms with Crippen LogP contribution in [0.15, 0.2) is 53.7 Å². The van der Waals surface area contributed by atoms with E-state index in [1.165, 1.54) is 4.90 Å². The molecular formula is C17H14N2O3S2. The van der Waals surface area contributed by atoms with Gasteiger partial charge in [0.05, 0.1) is 4.91 Å². The lowest BCUT2D eigenvalue weighted by Crippen LogP contribution is -2.37. The highest BCUT2D eigenvalue weighted by atomic mass is 32.2. The van der Waals surface area contributed by atoms with E-state index in [-0.39, 0.29) is 10.2 Å². The van der Waals surface area contributed by atoms with E-state index < -0.39 is 12.0 Å². The minimum absolute atomic E-state index is 0.249. The summed E-state index contributed by atoms with van der Waals surface area (Å²) in [6.07, 6.45) is 5.47. The molecule has 1 fully saturated rings. The van der Waals surface area contributed by atoms with Gasteiger partial charge in [0.2, 0.25) is 0 Å². The van der Waals surface area contributed by atoms with Gasteiger partial charge in [-0.2, -0.15) is 0 Å². The fourth-order valence-electron chi connectivity index (χ4n) is 2.50. The lowest BCUT2D eigenvalue weighted by atomic mass is 10.1. The minimum atomic E-state index is -1.12. The van der Waals surface area contributed by atoms with Gasteiger partial charge in [0.1, 0.15) is 4.32 Å². The Bertz CT molecular complexity index is 843. The highest BCUT2D eigenvalue weighted by Gasteiger charge is 2.41. The molecule has 0 bridgehead atoms. The van der Waals surface area contributed by atoms with Gasteiger partial charge >= 0.3 is 5.97 Å². The molecule has 1 aliphatic rings. The second-order valence-corrected chi connectivity index (χ2v) is 6.99. The largest absolute Gasteiger partial charge is 0.479 e. The predicted octanol–water partition coefficient (Wildman–Crippen LogP) is 3.05. The highest BCUT2D eigenvalue weighted by molar-refractivity contribution is 8.26. The van der Waals surface area contributed by atoms with Crippen LogP contribution in [0.3, 0.4) is 0 Å². The molecule has 1 aromatic carbocycles. The van der Waals surface area contributed by atoms with Crippen LogP contribution in [0.25, 0.3) is 6.08 Å². The number of hydrogen-bond acceptors (Lipinski definition) is 4. The number of rotatable bonds is 4. The summed E-state index contributed by atoms with van der Waals surface area (Å²) < 4.78 is 2.12. The average Bonchev–Trinajstić information content (AvgIpc) is 3.07. The Hall–Kier alpha value is -2.38.